The third kappa shape index (κ3) is 4.05. The molecule has 2 N–H and O–H groups in total. The lowest BCUT2D eigenvalue weighted by molar-refractivity contribution is -0.152. The molecule has 0 spiro atoms. The molecule has 0 aliphatic heterocycles. The van der Waals surface area contributed by atoms with E-state index in [-0.39, 0.29) is 11.7 Å². The number of aliphatic hydroxyl groups is 2. The number of hydrogen-bond acceptors (Lipinski definition) is 2. The Hall–Kier alpha value is -0.0800. The van der Waals surface area contributed by atoms with Crippen LogP contribution in [0.5, 0.6) is 0 Å². The van der Waals surface area contributed by atoms with Gasteiger partial charge < -0.3 is 10.2 Å². The molecule has 0 radical (unpaired) electrons. The average molecular weight is 433 g/mol. The Morgan fingerprint density at radius 2 is 1.55 bits per heavy atom. The molecule has 31 heavy (non-hydrogen) atoms. The molecular formula is C29H52O2. The molecule has 4 rings (SSSR count). The van der Waals surface area contributed by atoms with E-state index in [0.29, 0.717) is 16.7 Å². The van der Waals surface area contributed by atoms with E-state index < -0.39 is 0 Å². The summed E-state index contributed by atoms with van der Waals surface area (Å²) in [5, 5.41) is 21.4. The summed E-state index contributed by atoms with van der Waals surface area (Å²) in [6, 6.07) is 0. The van der Waals surface area contributed by atoms with Crippen molar-refractivity contribution in [2.75, 3.05) is 0 Å². The van der Waals surface area contributed by atoms with Gasteiger partial charge in [-0.05, 0) is 129 Å². The summed E-state index contributed by atoms with van der Waals surface area (Å²) < 4.78 is 0. The van der Waals surface area contributed by atoms with Crippen molar-refractivity contribution in [2.45, 2.75) is 130 Å². The number of rotatable bonds is 6. The fraction of sp³-hybridized carbons (Fsp3) is 1.00. The van der Waals surface area contributed by atoms with E-state index in [9.17, 15) is 10.2 Å². The van der Waals surface area contributed by atoms with Crippen LogP contribution in [0.25, 0.3) is 0 Å². The van der Waals surface area contributed by atoms with Gasteiger partial charge in [-0.1, -0.05) is 41.5 Å². The van der Waals surface area contributed by atoms with Crippen LogP contribution in [0.4, 0.5) is 0 Å². The third-order valence-electron chi connectivity index (χ3n) is 11.9. The van der Waals surface area contributed by atoms with Crippen molar-refractivity contribution in [2.24, 2.45) is 52.3 Å². The Morgan fingerprint density at radius 3 is 2.23 bits per heavy atom. The minimum Gasteiger partial charge on any atom is -0.393 e. The molecule has 0 amide bonds. The number of aliphatic hydroxyl groups excluding tert-OH is 1. The predicted molar refractivity (Wildman–Crippen MR) is 130 cm³/mol. The van der Waals surface area contributed by atoms with Gasteiger partial charge in [-0.3, -0.25) is 0 Å². The Morgan fingerprint density at radius 1 is 0.839 bits per heavy atom. The molecule has 4 saturated carbocycles. The van der Waals surface area contributed by atoms with Crippen LogP contribution in [0.3, 0.4) is 0 Å². The van der Waals surface area contributed by atoms with Crippen molar-refractivity contribution in [1.82, 2.24) is 0 Å². The second kappa shape index (κ2) is 8.61. The lowest BCUT2D eigenvalue weighted by Crippen LogP contribution is -2.56. The van der Waals surface area contributed by atoms with Crippen molar-refractivity contribution < 1.29 is 10.2 Å². The summed E-state index contributed by atoms with van der Waals surface area (Å²) in [6.45, 7) is 14.2. The third-order valence-corrected chi connectivity index (χ3v) is 11.9. The Bertz CT molecular complexity index is 630. The molecule has 0 bridgehead atoms. The lowest BCUT2D eigenvalue weighted by atomic mass is 9.43. The highest BCUT2D eigenvalue weighted by Crippen LogP contribution is 2.69. The lowest BCUT2D eigenvalue weighted by Gasteiger charge is -2.62. The maximum Gasteiger partial charge on any atom is 0.0648 e. The Labute approximate surface area is 193 Å². The minimum absolute atomic E-state index is 0.133. The van der Waals surface area contributed by atoms with Crippen molar-refractivity contribution in [3.8, 4) is 0 Å². The second-order valence-electron chi connectivity index (χ2n) is 13.5. The predicted octanol–water partition coefficient (Wildman–Crippen LogP) is 7.22. The molecule has 2 heteroatoms. The van der Waals surface area contributed by atoms with Crippen molar-refractivity contribution in [3.63, 3.8) is 0 Å². The van der Waals surface area contributed by atoms with Gasteiger partial charge in [0, 0.05) is 0 Å². The largest absolute Gasteiger partial charge is 0.393 e. The van der Waals surface area contributed by atoms with E-state index >= 15 is 0 Å². The molecule has 0 aromatic carbocycles. The van der Waals surface area contributed by atoms with Gasteiger partial charge in [0.2, 0.25) is 0 Å². The standard InChI is InChI=1S/C29H52O2/c1-7-29(31)17-16-27(5)21(18-29)9-10-22-24-12-11-23(28(24,6)15-14-25(22)27)20(4)8-13-26(30)19(2)3/h19-26,30-31H,7-18H2,1-6H3/t20-,21-,22+,23-,24+,25+,26-,27+,28-,29+/m1/s1. The first-order valence-corrected chi connectivity index (χ1v) is 13.9. The van der Waals surface area contributed by atoms with E-state index in [1.807, 2.05) is 0 Å². The highest BCUT2D eigenvalue weighted by Gasteiger charge is 2.61. The van der Waals surface area contributed by atoms with Crippen LogP contribution in [0.1, 0.15) is 119 Å². The monoisotopic (exact) mass is 432 g/mol. The van der Waals surface area contributed by atoms with Crippen LogP contribution in [0.15, 0.2) is 0 Å². The normalized spacial score (nSPS) is 49.3. The molecule has 0 aromatic rings. The highest BCUT2D eigenvalue weighted by atomic mass is 16.3. The molecule has 180 valence electrons. The molecule has 4 aliphatic carbocycles. The fourth-order valence-corrected chi connectivity index (χ4v) is 9.59. The maximum absolute atomic E-state index is 11.0. The first-order chi connectivity index (χ1) is 14.5. The van der Waals surface area contributed by atoms with Gasteiger partial charge in [0.15, 0.2) is 0 Å². The van der Waals surface area contributed by atoms with Crippen molar-refractivity contribution in [1.29, 1.82) is 0 Å². The van der Waals surface area contributed by atoms with E-state index in [0.717, 1.165) is 61.2 Å². The maximum atomic E-state index is 11.0. The summed E-state index contributed by atoms with van der Waals surface area (Å²) in [5.74, 6) is 5.44. The highest BCUT2D eigenvalue weighted by molar-refractivity contribution is 5.10. The summed E-state index contributed by atoms with van der Waals surface area (Å²) in [4.78, 5) is 0. The van der Waals surface area contributed by atoms with E-state index in [1.165, 1.54) is 51.4 Å². The van der Waals surface area contributed by atoms with E-state index in [2.05, 4.69) is 41.5 Å². The summed E-state index contributed by atoms with van der Waals surface area (Å²) in [5.41, 5.74) is 0.608. The molecule has 0 saturated heterocycles. The molecule has 2 nitrogen and oxygen atoms in total. The molecule has 4 aliphatic rings. The topological polar surface area (TPSA) is 40.5 Å². The van der Waals surface area contributed by atoms with Gasteiger partial charge in [0.1, 0.15) is 0 Å². The van der Waals surface area contributed by atoms with Crippen LogP contribution >= 0.6 is 0 Å². The van der Waals surface area contributed by atoms with Gasteiger partial charge in [-0.15, -0.1) is 0 Å². The van der Waals surface area contributed by atoms with Gasteiger partial charge in [0.05, 0.1) is 11.7 Å². The van der Waals surface area contributed by atoms with E-state index in [4.69, 9.17) is 0 Å². The van der Waals surface area contributed by atoms with Gasteiger partial charge in [-0.2, -0.15) is 0 Å². The van der Waals surface area contributed by atoms with Gasteiger partial charge in [-0.25, -0.2) is 0 Å². The average Bonchev–Trinajstić information content (AvgIpc) is 3.09. The summed E-state index contributed by atoms with van der Waals surface area (Å²) in [7, 11) is 0. The SMILES string of the molecule is CC[C@]1(O)CC[C@@]2(C)[C@H](CC[C@@H]3[C@@H]2CC[C@]2(C)[C@@H]([C@H](C)CC[C@@H](O)C(C)C)CC[C@@H]32)C1. The minimum atomic E-state index is -0.380. The second-order valence-corrected chi connectivity index (χ2v) is 13.5. The van der Waals surface area contributed by atoms with Crippen LogP contribution in [0.2, 0.25) is 0 Å². The first kappa shape index (κ1) is 24.1. The zero-order valence-electron chi connectivity index (χ0n) is 21.5. The van der Waals surface area contributed by atoms with Gasteiger partial charge in [0.25, 0.3) is 0 Å². The molecule has 4 fully saturated rings. The quantitative estimate of drug-likeness (QED) is 0.465. The molecule has 0 aromatic heterocycles. The van der Waals surface area contributed by atoms with Crippen LogP contribution in [-0.4, -0.2) is 21.9 Å². The Kier molecular flexibility index (Phi) is 6.68. The summed E-state index contributed by atoms with van der Waals surface area (Å²) >= 11 is 0. The molecule has 0 heterocycles. The van der Waals surface area contributed by atoms with Crippen LogP contribution < -0.4 is 0 Å². The fourth-order valence-electron chi connectivity index (χ4n) is 9.59. The molecule has 0 unspecified atom stereocenters. The summed E-state index contributed by atoms with van der Waals surface area (Å²) in [6.07, 6.45) is 14.8. The zero-order valence-corrected chi connectivity index (χ0v) is 21.5. The molecule has 10 atom stereocenters. The van der Waals surface area contributed by atoms with E-state index in [1.54, 1.807) is 0 Å². The van der Waals surface area contributed by atoms with Crippen molar-refractivity contribution in [3.05, 3.63) is 0 Å². The smallest absolute Gasteiger partial charge is 0.0648 e. The van der Waals surface area contributed by atoms with Crippen LogP contribution in [-0.2, 0) is 0 Å². The van der Waals surface area contributed by atoms with Crippen LogP contribution in [0, 0.1) is 52.3 Å². The zero-order chi connectivity index (χ0) is 22.6. The number of fused-ring (bicyclic) bond motifs is 5. The number of hydrogen-bond donors (Lipinski definition) is 2. The van der Waals surface area contributed by atoms with Crippen molar-refractivity contribution >= 4 is 0 Å². The Balaban J connectivity index is 1.46. The molecular weight excluding hydrogens is 380 g/mol. The first-order valence-electron chi connectivity index (χ1n) is 13.9. The van der Waals surface area contributed by atoms with Gasteiger partial charge >= 0.3 is 0 Å².